The number of carbonyl (C=O) groups is 1. The maximum atomic E-state index is 13.0. The Bertz CT molecular complexity index is 277. The van der Waals surface area contributed by atoms with E-state index in [1.807, 2.05) is 0 Å². The van der Waals surface area contributed by atoms with Gasteiger partial charge in [-0.1, -0.05) is 74.7 Å². The van der Waals surface area contributed by atoms with Gasteiger partial charge in [0.05, 0.1) is 0 Å². The minimum Gasteiger partial charge on any atom is -0.299 e. The molecule has 0 bridgehead atoms. The smallest absolute Gasteiger partial charge is 0.141 e. The molecule has 0 aliphatic rings. The van der Waals surface area contributed by atoms with Gasteiger partial charge in [0.2, 0.25) is 0 Å². The fraction of sp³-hybridized carbons (Fsp3) is 0.947. The molecule has 0 aromatic heterocycles. The molecule has 0 aliphatic heterocycles. The van der Waals surface area contributed by atoms with Crippen LogP contribution in [0.3, 0.4) is 0 Å². The van der Waals surface area contributed by atoms with Crippen LogP contribution in [0, 0.1) is 29.1 Å². The molecule has 0 spiro atoms. The summed E-state index contributed by atoms with van der Waals surface area (Å²) in [7, 11) is 0. The lowest BCUT2D eigenvalue weighted by molar-refractivity contribution is -0.134. The fourth-order valence-electron chi connectivity index (χ4n) is 3.61. The lowest BCUT2D eigenvalue weighted by Crippen LogP contribution is -2.36. The molecule has 0 heterocycles. The molecule has 20 heavy (non-hydrogen) atoms. The Morgan fingerprint density at radius 2 is 1.55 bits per heavy atom. The van der Waals surface area contributed by atoms with Gasteiger partial charge in [-0.2, -0.15) is 0 Å². The van der Waals surface area contributed by atoms with Crippen LogP contribution in [-0.2, 0) is 4.79 Å². The van der Waals surface area contributed by atoms with Gasteiger partial charge in [-0.15, -0.1) is 0 Å². The predicted molar refractivity (Wildman–Crippen MR) is 89.9 cm³/mol. The first-order valence-corrected chi connectivity index (χ1v) is 8.75. The fourth-order valence-corrected chi connectivity index (χ4v) is 3.61. The molecule has 0 rings (SSSR count). The zero-order chi connectivity index (χ0) is 15.9. The topological polar surface area (TPSA) is 17.1 Å². The largest absolute Gasteiger partial charge is 0.299 e. The van der Waals surface area contributed by atoms with Gasteiger partial charge in [-0.3, -0.25) is 4.79 Å². The molecule has 1 nitrogen and oxygen atoms in total. The Hall–Kier alpha value is -0.330. The van der Waals surface area contributed by atoms with Crippen molar-refractivity contribution in [3.8, 4) is 0 Å². The van der Waals surface area contributed by atoms with Gasteiger partial charge in [0.15, 0.2) is 0 Å². The number of ketones is 1. The number of rotatable bonds is 10. The van der Waals surface area contributed by atoms with Gasteiger partial charge in [0.1, 0.15) is 5.78 Å². The SMILES string of the molecule is CCCC(C)C(CC)C(=O)C(C)(C)CC(CC)C(C)C. The Kier molecular flexibility index (Phi) is 8.70. The summed E-state index contributed by atoms with van der Waals surface area (Å²) in [6, 6.07) is 0. The molecular weight excluding hydrogens is 244 g/mol. The van der Waals surface area contributed by atoms with Crippen LogP contribution in [0.4, 0.5) is 0 Å². The predicted octanol–water partition coefficient (Wildman–Crippen LogP) is 6.12. The van der Waals surface area contributed by atoms with Crippen LogP contribution < -0.4 is 0 Å². The second-order valence-corrected chi connectivity index (χ2v) is 7.65. The maximum Gasteiger partial charge on any atom is 0.141 e. The highest BCUT2D eigenvalue weighted by Gasteiger charge is 2.36. The minimum atomic E-state index is -0.173. The van der Waals surface area contributed by atoms with E-state index < -0.39 is 0 Å². The van der Waals surface area contributed by atoms with Crippen LogP contribution in [-0.4, -0.2) is 5.78 Å². The standard InChI is InChI=1S/C19H38O/c1-9-12-15(6)17(11-3)18(20)19(7,8)13-16(10-2)14(4)5/h14-17H,9-13H2,1-8H3. The van der Waals surface area contributed by atoms with Gasteiger partial charge < -0.3 is 0 Å². The van der Waals surface area contributed by atoms with E-state index in [9.17, 15) is 4.79 Å². The Morgan fingerprint density at radius 3 is 1.90 bits per heavy atom. The van der Waals surface area contributed by atoms with E-state index in [4.69, 9.17) is 0 Å². The lowest BCUT2D eigenvalue weighted by Gasteiger charge is -2.34. The lowest BCUT2D eigenvalue weighted by atomic mass is 9.69. The van der Waals surface area contributed by atoms with E-state index in [2.05, 4.69) is 55.4 Å². The summed E-state index contributed by atoms with van der Waals surface area (Å²) in [6.07, 6.45) is 5.55. The van der Waals surface area contributed by atoms with Crippen LogP contribution in [0.5, 0.6) is 0 Å². The van der Waals surface area contributed by atoms with Crippen molar-refractivity contribution in [2.75, 3.05) is 0 Å². The Balaban J connectivity index is 4.92. The molecular formula is C19H38O. The minimum absolute atomic E-state index is 0.173. The average Bonchev–Trinajstić information content (AvgIpc) is 2.36. The van der Waals surface area contributed by atoms with Crippen molar-refractivity contribution in [2.45, 2.75) is 87.5 Å². The van der Waals surface area contributed by atoms with Crippen molar-refractivity contribution >= 4 is 5.78 Å². The van der Waals surface area contributed by atoms with Gasteiger partial charge in [0.25, 0.3) is 0 Å². The zero-order valence-electron chi connectivity index (χ0n) is 15.3. The molecule has 3 unspecified atom stereocenters. The molecule has 0 amide bonds. The molecule has 0 radical (unpaired) electrons. The van der Waals surface area contributed by atoms with Crippen molar-refractivity contribution in [2.24, 2.45) is 29.1 Å². The van der Waals surface area contributed by atoms with Crippen molar-refractivity contribution in [1.29, 1.82) is 0 Å². The van der Waals surface area contributed by atoms with E-state index in [1.165, 1.54) is 19.3 Å². The second-order valence-electron chi connectivity index (χ2n) is 7.65. The van der Waals surface area contributed by atoms with Crippen LogP contribution in [0.1, 0.15) is 87.5 Å². The Morgan fingerprint density at radius 1 is 1.00 bits per heavy atom. The molecule has 1 heteroatoms. The monoisotopic (exact) mass is 282 g/mol. The first kappa shape index (κ1) is 19.7. The van der Waals surface area contributed by atoms with Gasteiger partial charge in [-0.25, -0.2) is 0 Å². The van der Waals surface area contributed by atoms with Crippen molar-refractivity contribution < 1.29 is 4.79 Å². The molecule has 0 aliphatic carbocycles. The molecule has 120 valence electrons. The Labute approximate surface area is 127 Å². The summed E-state index contributed by atoms with van der Waals surface area (Å²) in [4.78, 5) is 13.0. The zero-order valence-corrected chi connectivity index (χ0v) is 15.3. The third kappa shape index (κ3) is 5.58. The van der Waals surface area contributed by atoms with Gasteiger partial charge in [0, 0.05) is 11.3 Å². The summed E-state index contributed by atoms with van der Waals surface area (Å²) < 4.78 is 0. The number of Topliss-reactive ketones (excluding diaryl/α,β-unsaturated/α-hetero) is 1. The van der Waals surface area contributed by atoms with Gasteiger partial charge in [-0.05, 0) is 30.6 Å². The van der Waals surface area contributed by atoms with Gasteiger partial charge >= 0.3 is 0 Å². The highest BCUT2D eigenvalue weighted by atomic mass is 16.1. The molecule has 0 aromatic carbocycles. The summed E-state index contributed by atoms with van der Waals surface area (Å²) in [5, 5.41) is 0. The molecule has 0 saturated carbocycles. The molecule has 0 N–H and O–H groups in total. The first-order chi connectivity index (χ1) is 9.21. The summed E-state index contributed by atoms with van der Waals surface area (Å²) in [6.45, 7) is 17.8. The summed E-state index contributed by atoms with van der Waals surface area (Å²) in [5.74, 6) is 2.60. The van der Waals surface area contributed by atoms with E-state index in [1.54, 1.807) is 0 Å². The summed E-state index contributed by atoms with van der Waals surface area (Å²) in [5.41, 5.74) is -0.173. The van der Waals surface area contributed by atoms with E-state index in [0.29, 0.717) is 23.5 Å². The van der Waals surface area contributed by atoms with Crippen LogP contribution in [0.2, 0.25) is 0 Å². The average molecular weight is 283 g/mol. The molecule has 3 atom stereocenters. The van der Waals surface area contributed by atoms with Crippen LogP contribution in [0.25, 0.3) is 0 Å². The maximum absolute atomic E-state index is 13.0. The number of hydrogen-bond acceptors (Lipinski definition) is 1. The van der Waals surface area contributed by atoms with E-state index in [0.717, 1.165) is 12.8 Å². The number of carbonyl (C=O) groups excluding carboxylic acids is 1. The first-order valence-electron chi connectivity index (χ1n) is 8.75. The third-order valence-corrected chi connectivity index (χ3v) is 5.11. The van der Waals surface area contributed by atoms with E-state index in [-0.39, 0.29) is 11.3 Å². The van der Waals surface area contributed by atoms with Crippen molar-refractivity contribution in [3.63, 3.8) is 0 Å². The molecule has 0 saturated heterocycles. The van der Waals surface area contributed by atoms with Crippen LogP contribution in [0.15, 0.2) is 0 Å². The van der Waals surface area contributed by atoms with Crippen molar-refractivity contribution in [3.05, 3.63) is 0 Å². The molecule has 0 aromatic rings. The quantitative estimate of drug-likeness (QED) is 0.472. The van der Waals surface area contributed by atoms with Crippen molar-refractivity contribution in [1.82, 2.24) is 0 Å². The number of hydrogen-bond donors (Lipinski definition) is 0. The summed E-state index contributed by atoms with van der Waals surface area (Å²) >= 11 is 0. The highest BCUT2D eigenvalue weighted by Crippen LogP contribution is 2.37. The highest BCUT2D eigenvalue weighted by molar-refractivity contribution is 5.86. The third-order valence-electron chi connectivity index (χ3n) is 5.11. The van der Waals surface area contributed by atoms with E-state index >= 15 is 0 Å². The second kappa shape index (κ2) is 8.85. The normalized spacial score (nSPS) is 17.1. The van der Waals surface area contributed by atoms with Crippen LogP contribution >= 0.6 is 0 Å². The molecule has 0 fully saturated rings.